The van der Waals surface area contributed by atoms with Crippen LogP contribution in [0.3, 0.4) is 0 Å². The molecule has 1 heterocycles. The first-order valence-corrected chi connectivity index (χ1v) is 12.0. The molecule has 2 fully saturated rings. The highest BCUT2D eigenvalue weighted by molar-refractivity contribution is 5.67. The number of nitrogens with one attached hydrogen (secondary N) is 1. The molecule has 9 nitrogen and oxygen atoms in total. The summed E-state index contributed by atoms with van der Waals surface area (Å²) in [4.78, 5) is 34.8. The van der Waals surface area contributed by atoms with Crippen LogP contribution in [0.2, 0.25) is 0 Å². The van der Waals surface area contributed by atoms with Crippen molar-refractivity contribution in [3.05, 3.63) is 29.3 Å². The number of alkyl carbamates (subject to hydrolysis) is 1. The van der Waals surface area contributed by atoms with E-state index in [1.807, 2.05) is 19.1 Å². The van der Waals surface area contributed by atoms with Crippen LogP contribution in [0.15, 0.2) is 18.2 Å². The second-order valence-electron chi connectivity index (χ2n) is 8.93. The summed E-state index contributed by atoms with van der Waals surface area (Å²) in [6.07, 6.45) is 4.44. The normalized spacial score (nSPS) is 23.0. The Bertz CT molecular complexity index is 851. The van der Waals surface area contributed by atoms with Crippen LogP contribution in [0.5, 0.6) is 5.75 Å². The minimum absolute atomic E-state index is 0.111. The number of esters is 2. The lowest BCUT2D eigenvalue weighted by molar-refractivity contribution is -0.223. The number of aryl methyl sites for hydroxylation is 1. The Morgan fingerprint density at radius 3 is 2.44 bits per heavy atom. The maximum Gasteiger partial charge on any atom is 0.407 e. The van der Waals surface area contributed by atoms with Crippen molar-refractivity contribution in [2.75, 3.05) is 6.61 Å². The van der Waals surface area contributed by atoms with Gasteiger partial charge in [-0.15, -0.1) is 0 Å². The molecular formula is C25H35NO8. The molecule has 2 unspecified atom stereocenters. The number of carbonyl (C=O) groups is 3. The van der Waals surface area contributed by atoms with Crippen molar-refractivity contribution in [1.82, 2.24) is 5.32 Å². The second kappa shape index (κ2) is 12.6. The van der Waals surface area contributed by atoms with E-state index in [1.165, 1.54) is 20.3 Å². The van der Waals surface area contributed by atoms with Crippen molar-refractivity contribution >= 4 is 18.0 Å². The van der Waals surface area contributed by atoms with E-state index < -0.39 is 24.5 Å². The van der Waals surface area contributed by atoms with E-state index in [2.05, 4.69) is 5.32 Å². The van der Waals surface area contributed by atoms with Gasteiger partial charge in [-0.1, -0.05) is 25.3 Å². The van der Waals surface area contributed by atoms with Crippen LogP contribution in [0.25, 0.3) is 0 Å². The summed E-state index contributed by atoms with van der Waals surface area (Å²) in [5.41, 5.74) is 1.65. The summed E-state index contributed by atoms with van der Waals surface area (Å²) >= 11 is 0. The predicted octanol–water partition coefficient (Wildman–Crippen LogP) is 3.93. The lowest BCUT2D eigenvalue weighted by Gasteiger charge is -2.35. The zero-order chi connectivity index (χ0) is 24.5. The molecule has 0 bridgehead atoms. The number of rotatable bonds is 8. The molecule has 1 aliphatic heterocycles. The van der Waals surface area contributed by atoms with Crippen LogP contribution >= 0.6 is 0 Å². The molecule has 9 heteroatoms. The fourth-order valence-corrected chi connectivity index (χ4v) is 4.26. The van der Waals surface area contributed by atoms with Gasteiger partial charge < -0.3 is 29.0 Å². The number of hydrogen-bond acceptors (Lipinski definition) is 8. The van der Waals surface area contributed by atoms with Crippen molar-refractivity contribution < 1.29 is 38.1 Å². The molecular weight excluding hydrogens is 442 g/mol. The van der Waals surface area contributed by atoms with Crippen LogP contribution < -0.4 is 10.1 Å². The van der Waals surface area contributed by atoms with E-state index in [-0.39, 0.29) is 31.3 Å². The standard InChI is InChI=1S/C25H35NO8/c1-16-13-19(14-31-25(29)26-20-7-5-4-6-8-20)9-11-22(16)34-24-23(32-18(3)28)12-10-21(33-24)15-30-17(2)27/h9,11,13,20-21,23-24H,4-8,10,12,14-15H2,1-3H3,(H,26,29)/t21?,23-,24?/m1/s1. The van der Waals surface area contributed by atoms with Gasteiger partial charge in [0.2, 0.25) is 6.29 Å². The number of benzene rings is 1. The quantitative estimate of drug-likeness (QED) is 0.443. The van der Waals surface area contributed by atoms with Gasteiger partial charge >= 0.3 is 18.0 Å². The molecule has 1 amide bonds. The van der Waals surface area contributed by atoms with Crippen LogP contribution in [-0.2, 0) is 35.1 Å². The van der Waals surface area contributed by atoms with Crippen LogP contribution in [-0.4, -0.2) is 49.2 Å². The van der Waals surface area contributed by atoms with E-state index in [0.717, 1.165) is 36.8 Å². The summed E-state index contributed by atoms with van der Waals surface area (Å²) in [6, 6.07) is 5.67. The Morgan fingerprint density at radius 2 is 1.76 bits per heavy atom. The first-order chi connectivity index (χ1) is 16.3. The lowest BCUT2D eigenvalue weighted by Crippen LogP contribution is -2.46. The molecule has 188 valence electrons. The van der Waals surface area contributed by atoms with Gasteiger partial charge in [-0.25, -0.2) is 4.79 Å². The molecule has 34 heavy (non-hydrogen) atoms. The Morgan fingerprint density at radius 1 is 1.00 bits per heavy atom. The van der Waals surface area contributed by atoms with Crippen LogP contribution in [0, 0.1) is 6.92 Å². The van der Waals surface area contributed by atoms with E-state index >= 15 is 0 Å². The highest BCUT2D eigenvalue weighted by Crippen LogP contribution is 2.28. The Balaban J connectivity index is 1.56. The van der Waals surface area contributed by atoms with Gasteiger partial charge in [-0.2, -0.15) is 0 Å². The maximum absolute atomic E-state index is 12.1. The first-order valence-electron chi connectivity index (χ1n) is 12.0. The zero-order valence-electron chi connectivity index (χ0n) is 20.2. The molecule has 3 rings (SSSR count). The summed E-state index contributed by atoms with van der Waals surface area (Å²) in [5, 5.41) is 2.94. The summed E-state index contributed by atoms with van der Waals surface area (Å²) in [7, 11) is 0. The third-order valence-corrected chi connectivity index (χ3v) is 5.97. The Hall–Kier alpha value is -2.81. The van der Waals surface area contributed by atoms with Crippen LogP contribution in [0.4, 0.5) is 4.79 Å². The molecule has 1 aromatic rings. The van der Waals surface area contributed by atoms with E-state index in [1.54, 1.807) is 6.07 Å². The molecule has 1 N–H and O–H groups in total. The summed E-state index contributed by atoms with van der Waals surface area (Å²) in [6.45, 7) is 4.82. The number of ether oxygens (including phenoxy) is 5. The fraction of sp³-hybridized carbons (Fsp3) is 0.640. The topological polar surface area (TPSA) is 109 Å². The molecule has 1 aromatic carbocycles. The van der Waals surface area contributed by atoms with Gasteiger partial charge in [-0.3, -0.25) is 9.59 Å². The lowest BCUT2D eigenvalue weighted by atomic mass is 9.96. The molecule has 0 radical (unpaired) electrons. The fourth-order valence-electron chi connectivity index (χ4n) is 4.26. The summed E-state index contributed by atoms with van der Waals surface area (Å²) < 4.78 is 27.8. The largest absolute Gasteiger partial charge is 0.463 e. The minimum atomic E-state index is -0.833. The van der Waals surface area contributed by atoms with Crippen molar-refractivity contribution in [1.29, 1.82) is 0 Å². The molecule has 1 saturated carbocycles. The predicted molar refractivity (Wildman–Crippen MR) is 122 cm³/mol. The Kier molecular flexibility index (Phi) is 9.56. The highest BCUT2D eigenvalue weighted by atomic mass is 16.7. The zero-order valence-corrected chi connectivity index (χ0v) is 20.2. The second-order valence-corrected chi connectivity index (χ2v) is 8.93. The van der Waals surface area contributed by atoms with Gasteiger partial charge in [0.05, 0.1) is 6.10 Å². The minimum Gasteiger partial charge on any atom is -0.463 e. The van der Waals surface area contributed by atoms with Gasteiger partial charge in [0, 0.05) is 19.9 Å². The first kappa shape index (κ1) is 25.8. The summed E-state index contributed by atoms with van der Waals surface area (Å²) in [5.74, 6) is -0.244. The smallest absolute Gasteiger partial charge is 0.407 e. The van der Waals surface area contributed by atoms with Gasteiger partial charge in [-0.05, 0) is 55.9 Å². The van der Waals surface area contributed by atoms with Crippen molar-refractivity contribution in [2.45, 2.75) is 96.9 Å². The van der Waals surface area contributed by atoms with Crippen LogP contribution in [0.1, 0.15) is 69.9 Å². The average Bonchev–Trinajstić information content (AvgIpc) is 2.79. The van der Waals surface area contributed by atoms with Gasteiger partial charge in [0.1, 0.15) is 19.0 Å². The monoisotopic (exact) mass is 477 g/mol. The number of hydrogen-bond donors (Lipinski definition) is 1. The van der Waals surface area contributed by atoms with Gasteiger partial charge in [0.15, 0.2) is 6.10 Å². The van der Waals surface area contributed by atoms with Crippen molar-refractivity contribution in [3.8, 4) is 5.75 Å². The van der Waals surface area contributed by atoms with E-state index in [4.69, 9.17) is 23.7 Å². The number of amides is 1. The molecule has 3 atom stereocenters. The van der Waals surface area contributed by atoms with Gasteiger partial charge in [0.25, 0.3) is 0 Å². The number of carbonyl (C=O) groups excluding carboxylic acids is 3. The van der Waals surface area contributed by atoms with E-state index in [0.29, 0.717) is 18.6 Å². The van der Waals surface area contributed by atoms with Crippen molar-refractivity contribution in [2.24, 2.45) is 0 Å². The third-order valence-electron chi connectivity index (χ3n) is 5.97. The maximum atomic E-state index is 12.1. The SMILES string of the molecule is CC(=O)OCC1CC[C@@H](OC(C)=O)C(Oc2ccc(COC(=O)NC3CCCCC3)cc2C)O1. The third kappa shape index (κ3) is 8.20. The molecule has 1 saturated heterocycles. The molecule has 2 aliphatic rings. The van der Waals surface area contributed by atoms with Crippen molar-refractivity contribution in [3.63, 3.8) is 0 Å². The average molecular weight is 478 g/mol. The van der Waals surface area contributed by atoms with E-state index in [9.17, 15) is 14.4 Å². The molecule has 0 spiro atoms. The molecule has 0 aromatic heterocycles. The molecule has 1 aliphatic carbocycles. The highest BCUT2D eigenvalue weighted by Gasteiger charge is 2.36. The Labute approximate surface area is 200 Å².